The second-order valence-electron chi connectivity index (χ2n) is 14.3. The first-order valence-corrected chi connectivity index (χ1v) is 19.2. The fraction of sp³-hybridized carbons (Fsp3) is 0.579. The lowest BCUT2D eigenvalue weighted by Crippen LogP contribution is -2.25. The third-order valence-electron chi connectivity index (χ3n) is 10.7. The fourth-order valence-electron chi connectivity index (χ4n) is 7.62. The number of hydrogen-bond donors (Lipinski definition) is 2. The number of benzene rings is 2. The summed E-state index contributed by atoms with van der Waals surface area (Å²) in [5, 5.41) is 15.1. The number of aryl methyl sites for hydroxylation is 2. The minimum absolute atomic E-state index is 0.252. The van der Waals surface area contributed by atoms with Crippen LogP contribution in [0, 0.1) is 49.4 Å². The van der Waals surface area contributed by atoms with Gasteiger partial charge in [-0.05, 0) is 62.2 Å². The number of aromatic amines is 2. The fourth-order valence-corrected chi connectivity index (χ4v) is 8.90. The van der Waals surface area contributed by atoms with Gasteiger partial charge in [-0.25, -0.2) is 9.97 Å². The van der Waals surface area contributed by atoms with Crippen molar-refractivity contribution in [3.63, 3.8) is 0 Å². The number of hydrogen-bond acceptors (Lipinski definition) is 4. The van der Waals surface area contributed by atoms with E-state index < -0.39 is 0 Å². The van der Waals surface area contributed by atoms with Gasteiger partial charge in [0.25, 0.3) is 0 Å². The number of alkyl halides is 2. The zero-order chi connectivity index (χ0) is 32.8. The molecule has 2 aliphatic carbocycles. The molecule has 2 aliphatic rings. The molecular formula is C38H52Br2N6. The lowest BCUT2D eigenvalue weighted by atomic mass is 9.71. The molecule has 2 aromatic heterocycles. The summed E-state index contributed by atoms with van der Waals surface area (Å²) < 4.78 is 0. The molecule has 6 atom stereocenters. The molecule has 2 fully saturated rings. The molecule has 0 bridgehead atoms. The maximum Gasteiger partial charge on any atom is 0.181 e. The highest BCUT2D eigenvalue weighted by Gasteiger charge is 2.32. The highest BCUT2D eigenvalue weighted by molar-refractivity contribution is 9.09. The number of halogens is 2. The van der Waals surface area contributed by atoms with Gasteiger partial charge in [0.2, 0.25) is 0 Å². The quantitative estimate of drug-likeness (QED) is 0.176. The molecule has 4 aromatic rings. The molecule has 2 N–H and O–H groups in total. The lowest BCUT2D eigenvalue weighted by Gasteiger charge is -2.35. The summed E-state index contributed by atoms with van der Waals surface area (Å²) in [6.45, 7) is 13.8. The Morgan fingerprint density at radius 1 is 0.587 bits per heavy atom. The molecule has 0 aliphatic heterocycles. The summed E-state index contributed by atoms with van der Waals surface area (Å²) >= 11 is 7.68. The Labute approximate surface area is 293 Å². The van der Waals surface area contributed by atoms with Crippen molar-refractivity contribution >= 4 is 31.9 Å². The maximum atomic E-state index is 4.71. The van der Waals surface area contributed by atoms with Crippen LogP contribution in [0.4, 0.5) is 0 Å². The molecule has 6 rings (SSSR count). The van der Waals surface area contributed by atoms with Crippen LogP contribution in [0.25, 0.3) is 22.8 Å². The average molecular weight is 753 g/mol. The molecule has 8 heteroatoms. The van der Waals surface area contributed by atoms with Gasteiger partial charge in [0.15, 0.2) is 11.6 Å². The van der Waals surface area contributed by atoms with Crippen LogP contribution in [0.15, 0.2) is 48.5 Å². The first-order valence-electron chi connectivity index (χ1n) is 17.4. The van der Waals surface area contributed by atoms with Gasteiger partial charge in [0.1, 0.15) is 11.6 Å². The monoisotopic (exact) mass is 750 g/mol. The van der Waals surface area contributed by atoms with E-state index in [1.165, 1.54) is 49.7 Å². The van der Waals surface area contributed by atoms with Crippen molar-refractivity contribution in [2.24, 2.45) is 35.5 Å². The van der Waals surface area contributed by atoms with Crippen molar-refractivity contribution in [2.75, 3.05) is 0 Å². The van der Waals surface area contributed by atoms with E-state index in [0.717, 1.165) is 82.8 Å². The normalized spacial score (nSPS) is 26.2. The molecular weight excluding hydrogens is 700 g/mol. The molecule has 46 heavy (non-hydrogen) atoms. The minimum Gasteiger partial charge on any atom is -0.262 e. The molecule has 2 aromatic carbocycles. The van der Waals surface area contributed by atoms with E-state index in [0.29, 0.717) is 0 Å². The average Bonchev–Trinajstić information content (AvgIpc) is 3.73. The van der Waals surface area contributed by atoms with Crippen molar-refractivity contribution in [3.8, 4) is 22.8 Å². The van der Waals surface area contributed by atoms with E-state index in [-0.39, 0.29) is 9.65 Å². The molecule has 0 saturated heterocycles. The van der Waals surface area contributed by atoms with Crippen LogP contribution in [0.3, 0.4) is 0 Å². The van der Waals surface area contributed by atoms with Crippen molar-refractivity contribution in [2.45, 2.75) is 103 Å². The van der Waals surface area contributed by atoms with E-state index in [9.17, 15) is 0 Å². The first kappa shape index (κ1) is 35.0. The van der Waals surface area contributed by atoms with Crippen molar-refractivity contribution < 1.29 is 0 Å². The van der Waals surface area contributed by atoms with Crippen molar-refractivity contribution in [3.05, 3.63) is 71.3 Å². The molecule has 248 valence electrons. The van der Waals surface area contributed by atoms with Crippen molar-refractivity contribution in [1.82, 2.24) is 30.4 Å². The third kappa shape index (κ3) is 8.97. The SMILES string of the molecule is Cc1ccc(-c2n[nH]c(C(Br)CC3C(C)CCCC3C)n2)cc1.Cc1ccc(-c2n[nH]c(C(Br)CC3C(C)CCCC3C)n2)cc1. The summed E-state index contributed by atoms with van der Waals surface area (Å²) in [6.07, 6.45) is 10.5. The Morgan fingerprint density at radius 2 is 0.913 bits per heavy atom. The summed E-state index contributed by atoms with van der Waals surface area (Å²) in [5.74, 6) is 8.22. The van der Waals surface area contributed by atoms with E-state index in [1.807, 2.05) is 0 Å². The van der Waals surface area contributed by atoms with Crippen LogP contribution in [0.5, 0.6) is 0 Å². The zero-order valence-corrected chi connectivity index (χ0v) is 31.6. The van der Waals surface area contributed by atoms with Crippen LogP contribution in [0.1, 0.15) is 111 Å². The Morgan fingerprint density at radius 3 is 1.24 bits per heavy atom. The van der Waals surface area contributed by atoms with E-state index in [1.54, 1.807) is 0 Å². The largest absolute Gasteiger partial charge is 0.262 e. The second kappa shape index (κ2) is 16.2. The predicted molar refractivity (Wildman–Crippen MR) is 197 cm³/mol. The summed E-state index contributed by atoms with van der Waals surface area (Å²) in [7, 11) is 0. The van der Waals surface area contributed by atoms with Crippen LogP contribution in [-0.4, -0.2) is 30.4 Å². The standard InChI is InChI=1S/2C19H26BrN3/c2*1-12-7-9-15(10-8-12)18-21-19(23-22-18)17(20)11-16-13(2)5-4-6-14(16)3/h2*7-10,13-14,16-17H,4-6,11H2,1-3H3,(H,21,22,23). The highest BCUT2D eigenvalue weighted by atomic mass is 79.9. The third-order valence-corrected chi connectivity index (χ3v) is 12.4. The van der Waals surface area contributed by atoms with Gasteiger partial charge in [-0.3, -0.25) is 10.2 Å². The summed E-state index contributed by atoms with van der Waals surface area (Å²) in [6, 6.07) is 16.7. The molecule has 0 amide bonds. The van der Waals surface area contributed by atoms with Gasteiger partial charge in [-0.1, -0.05) is 158 Å². The number of nitrogens with one attached hydrogen (secondary N) is 2. The van der Waals surface area contributed by atoms with Gasteiger partial charge in [0.05, 0.1) is 9.65 Å². The van der Waals surface area contributed by atoms with E-state index >= 15 is 0 Å². The van der Waals surface area contributed by atoms with Gasteiger partial charge >= 0.3 is 0 Å². The Balaban J connectivity index is 0.000000181. The maximum absolute atomic E-state index is 4.71. The Hall–Kier alpha value is -2.32. The van der Waals surface area contributed by atoms with Crippen LogP contribution in [0.2, 0.25) is 0 Å². The number of aromatic nitrogens is 6. The highest BCUT2D eigenvalue weighted by Crippen LogP contribution is 2.43. The van der Waals surface area contributed by atoms with Gasteiger partial charge < -0.3 is 0 Å². The van der Waals surface area contributed by atoms with Crippen LogP contribution >= 0.6 is 31.9 Å². The Bertz CT molecular complexity index is 1360. The molecule has 6 nitrogen and oxygen atoms in total. The number of nitrogens with zero attached hydrogens (tertiary/aromatic N) is 4. The Kier molecular flexibility index (Phi) is 12.3. The second-order valence-corrected chi connectivity index (χ2v) is 16.5. The number of H-pyrrole nitrogens is 2. The summed E-state index contributed by atoms with van der Waals surface area (Å²) in [4.78, 5) is 9.93. The molecule has 2 heterocycles. The van der Waals surface area contributed by atoms with Gasteiger partial charge in [-0.15, -0.1) is 0 Å². The molecule has 0 spiro atoms. The predicted octanol–water partition coefficient (Wildman–Crippen LogP) is 11.4. The zero-order valence-electron chi connectivity index (χ0n) is 28.4. The van der Waals surface area contributed by atoms with Gasteiger partial charge in [0, 0.05) is 11.1 Å². The van der Waals surface area contributed by atoms with Gasteiger partial charge in [-0.2, -0.15) is 10.2 Å². The van der Waals surface area contributed by atoms with Crippen molar-refractivity contribution in [1.29, 1.82) is 0 Å². The summed E-state index contributed by atoms with van der Waals surface area (Å²) in [5.41, 5.74) is 4.64. The lowest BCUT2D eigenvalue weighted by molar-refractivity contribution is 0.167. The molecule has 2 saturated carbocycles. The number of rotatable bonds is 8. The molecule has 0 radical (unpaired) electrons. The van der Waals surface area contributed by atoms with E-state index in [4.69, 9.17) is 9.97 Å². The molecule has 6 unspecified atom stereocenters. The first-order chi connectivity index (χ1) is 22.1. The minimum atomic E-state index is 0.252. The smallest absolute Gasteiger partial charge is 0.181 e. The van der Waals surface area contributed by atoms with Crippen LogP contribution < -0.4 is 0 Å². The van der Waals surface area contributed by atoms with E-state index in [2.05, 4.69) is 142 Å². The topological polar surface area (TPSA) is 83.1 Å². The van der Waals surface area contributed by atoms with Crippen LogP contribution in [-0.2, 0) is 0 Å².